The molecule has 0 aliphatic heterocycles. The van der Waals surface area contributed by atoms with Crippen LogP contribution in [0.1, 0.15) is 67.7 Å². The molecule has 1 N–H and O–H groups in total. The van der Waals surface area contributed by atoms with E-state index in [9.17, 15) is 9.59 Å². The van der Waals surface area contributed by atoms with Crippen LogP contribution in [0.3, 0.4) is 0 Å². The van der Waals surface area contributed by atoms with Crippen molar-refractivity contribution in [3.05, 3.63) is 69.7 Å². The van der Waals surface area contributed by atoms with Gasteiger partial charge in [0.2, 0.25) is 11.8 Å². The fourth-order valence-corrected chi connectivity index (χ4v) is 4.57. The first-order chi connectivity index (χ1) is 15.4. The number of halogens is 1. The van der Waals surface area contributed by atoms with E-state index in [2.05, 4.69) is 31.3 Å². The molecule has 0 heterocycles. The predicted molar refractivity (Wildman–Crippen MR) is 131 cm³/mol. The van der Waals surface area contributed by atoms with E-state index in [-0.39, 0.29) is 24.3 Å². The average Bonchev–Trinajstić information content (AvgIpc) is 2.78. The highest BCUT2D eigenvalue weighted by Crippen LogP contribution is 2.20. The van der Waals surface area contributed by atoms with Gasteiger partial charge in [0.05, 0.1) is 6.42 Å². The second-order valence-corrected chi connectivity index (χ2v) is 9.45. The van der Waals surface area contributed by atoms with Crippen LogP contribution in [-0.2, 0) is 22.6 Å². The quantitative estimate of drug-likeness (QED) is 0.551. The van der Waals surface area contributed by atoms with Gasteiger partial charge in [-0.15, -0.1) is 0 Å². The third-order valence-electron chi connectivity index (χ3n) is 6.53. The molecule has 3 rings (SSSR count). The Labute approximate surface area is 197 Å². The molecule has 2 aromatic carbocycles. The van der Waals surface area contributed by atoms with E-state index in [1.807, 2.05) is 37.3 Å². The Bertz CT molecular complexity index is 920. The standard InChI is InChI=1S/C27H35ClN2O2/c1-4-25(27(32)29-24-8-6-5-7-9-24)30(18-21-12-14-23(28)15-13-21)26(31)17-22-11-10-19(2)20(3)16-22/h10-16,24-25H,4-9,17-18H2,1-3H3,(H,29,32). The molecule has 1 fully saturated rings. The Kier molecular flexibility index (Phi) is 8.75. The van der Waals surface area contributed by atoms with Crippen molar-refractivity contribution >= 4 is 23.4 Å². The van der Waals surface area contributed by atoms with E-state index in [4.69, 9.17) is 11.6 Å². The monoisotopic (exact) mass is 454 g/mol. The van der Waals surface area contributed by atoms with E-state index < -0.39 is 6.04 Å². The first-order valence-electron chi connectivity index (χ1n) is 11.8. The van der Waals surface area contributed by atoms with Gasteiger partial charge in [0.15, 0.2) is 0 Å². The summed E-state index contributed by atoms with van der Waals surface area (Å²) in [4.78, 5) is 28.5. The number of nitrogens with one attached hydrogen (secondary N) is 1. The van der Waals surface area contributed by atoms with Crippen LogP contribution >= 0.6 is 11.6 Å². The molecule has 2 amide bonds. The van der Waals surface area contributed by atoms with Crippen LogP contribution in [-0.4, -0.2) is 28.8 Å². The number of rotatable bonds is 8. The van der Waals surface area contributed by atoms with Gasteiger partial charge in [0, 0.05) is 17.6 Å². The summed E-state index contributed by atoms with van der Waals surface area (Å²) in [7, 11) is 0. The van der Waals surface area contributed by atoms with Gasteiger partial charge in [-0.3, -0.25) is 9.59 Å². The minimum absolute atomic E-state index is 0.0335. The fourth-order valence-electron chi connectivity index (χ4n) is 4.44. The summed E-state index contributed by atoms with van der Waals surface area (Å²) in [5.74, 6) is -0.0735. The lowest BCUT2D eigenvalue weighted by atomic mass is 9.95. The van der Waals surface area contributed by atoms with Crippen LogP contribution in [0.5, 0.6) is 0 Å². The smallest absolute Gasteiger partial charge is 0.243 e. The van der Waals surface area contributed by atoms with Gasteiger partial charge in [0.1, 0.15) is 6.04 Å². The van der Waals surface area contributed by atoms with Gasteiger partial charge in [-0.1, -0.05) is 68.1 Å². The van der Waals surface area contributed by atoms with Crippen LogP contribution < -0.4 is 5.32 Å². The molecule has 2 aromatic rings. The highest BCUT2D eigenvalue weighted by molar-refractivity contribution is 6.30. The van der Waals surface area contributed by atoms with E-state index >= 15 is 0 Å². The second-order valence-electron chi connectivity index (χ2n) is 9.01. The maximum absolute atomic E-state index is 13.5. The highest BCUT2D eigenvalue weighted by atomic mass is 35.5. The SMILES string of the molecule is CCC(C(=O)NC1CCCCC1)N(Cc1ccc(Cl)cc1)C(=O)Cc1ccc(C)c(C)c1. The third-order valence-corrected chi connectivity index (χ3v) is 6.78. The van der Waals surface area contributed by atoms with Crippen molar-refractivity contribution in [3.63, 3.8) is 0 Å². The summed E-state index contributed by atoms with van der Waals surface area (Å²) in [5.41, 5.74) is 4.31. The predicted octanol–water partition coefficient (Wildman–Crippen LogP) is 5.76. The van der Waals surface area contributed by atoms with Gasteiger partial charge < -0.3 is 10.2 Å². The molecule has 1 saturated carbocycles. The highest BCUT2D eigenvalue weighted by Gasteiger charge is 2.30. The van der Waals surface area contributed by atoms with Crippen LogP contribution in [0.15, 0.2) is 42.5 Å². The van der Waals surface area contributed by atoms with Gasteiger partial charge in [-0.25, -0.2) is 0 Å². The maximum Gasteiger partial charge on any atom is 0.243 e. The van der Waals surface area contributed by atoms with E-state index in [0.29, 0.717) is 18.0 Å². The summed E-state index contributed by atoms with van der Waals surface area (Å²) in [6, 6.07) is 13.3. The maximum atomic E-state index is 13.5. The molecule has 5 heteroatoms. The minimum atomic E-state index is -0.494. The summed E-state index contributed by atoms with van der Waals surface area (Å²) >= 11 is 6.05. The molecule has 0 aromatic heterocycles. The zero-order valence-electron chi connectivity index (χ0n) is 19.5. The number of amides is 2. The fraction of sp³-hybridized carbons (Fsp3) is 0.481. The van der Waals surface area contributed by atoms with Crippen molar-refractivity contribution in [3.8, 4) is 0 Å². The molecule has 1 aliphatic rings. The van der Waals surface area contributed by atoms with E-state index in [1.165, 1.54) is 17.5 Å². The Hall–Kier alpha value is -2.33. The number of carbonyl (C=O) groups is 2. The Morgan fingerprint density at radius 3 is 2.28 bits per heavy atom. The van der Waals surface area contributed by atoms with E-state index in [1.54, 1.807) is 4.90 Å². The number of nitrogens with zero attached hydrogens (tertiary/aromatic N) is 1. The van der Waals surface area contributed by atoms with Crippen LogP contribution in [0.2, 0.25) is 5.02 Å². The molecule has 0 radical (unpaired) electrons. The van der Waals surface area contributed by atoms with E-state index in [0.717, 1.165) is 36.8 Å². The Balaban J connectivity index is 1.81. The summed E-state index contributed by atoms with van der Waals surface area (Å²) < 4.78 is 0. The second kappa shape index (κ2) is 11.5. The van der Waals surface area contributed by atoms with Crippen LogP contribution in [0.4, 0.5) is 0 Å². The molecule has 172 valence electrons. The Morgan fingerprint density at radius 2 is 1.66 bits per heavy atom. The Morgan fingerprint density at radius 1 is 1.00 bits per heavy atom. The number of hydrogen-bond donors (Lipinski definition) is 1. The van der Waals surface area contributed by atoms with Crippen LogP contribution in [0.25, 0.3) is 0 Å². The minimum Gasteiger partial charge on any atom is -0.352 e. The normalized spacial score (nSPS) is 15.2. The summed E-state index contributed by atoms with van der Waals surface area (Å²) in [6.45, 7) is 6.48. The first-order valence-corrected chi connectivity index (χ1v) is 12.2. The number of carbonyl (C=O) groups excluding carboxylic acids is 2. The summed E-state index contributed by atoms with van der Waals surface area (Å²) in [5, 5.41) is 3.88. The first kappa shape index (κ1) is 24.3. The van der Waals surface area contributed by atoms with Crippen molar-refractivity contribution in [1.29, 1.82) is 0 Å². The van der Waals surface area contributed by atoms with Gasteiger partial charge in [-0.2, -0.15) is 0 Å². The lowest BCUT2D eigenvalue weighted by molar-refractivity contribution is -0.141. The van der Waals surface area contributed by atoms with Gasteiger partial charge in [0.25, 0.3) is 0 Å². The lowest BCUT2D eigenvalue weighted by Gasteiger charge is -2.33. The van der Waals surface area contributed by atoms with Crippen LogP contribution in [0, 0.1) is 13.8 Å². The van der Waals surface area contributed by atoms with Crippen molar-refractivity contribution in [2.24, 2.45) is 0 Å². The molecule has 0 spiro atoms. The average molecular weight is 455 g/mol. The number of aryl methyl sites for hydroxylation is 2. The van der Waals surface area contributed by atoms with Crippen molar-refractivity contribution in [2.45, 2.75) is 84.3 Å². The molecule has 0 bridgehead atoms. The molecule has 32 heavy (non-hydrogen) atoms. The molecule has 1 unspecified atom stereocenters. The molecule has 1 atom stereocenters. The molecule has 1 aliphatic carbocycles. The lowest BCUT2D eigenvalue weighted by Crippen LogP contribution is -2.51. The molecule has 0 saturated heterocycles. The van der Waals surface area contributed by atoms with Gasteiger partial charge in [-0.05, 0) is 67.5 Å². The van der Waals surface area contributed by atoms with Crippen molar-refractivity contribution < 1.29 is 9.59 Å². The number of hydrogen-bond acceptors (Lipinski definition) is 2. The summed E-state index contributed by atoms with van der Waals surface area (Å²) in [6.07, 6.45) is 6.45. The largest absolute Gasteiger partial charge is 0.352 e. The molecule has 4 nitrogen and oxygen atoms in total. The number of benzene rings is 2. The molecular weight excluding hydrogens is 420 g/mol. The van der Waals surface area contributed by atoms with Crippen molar-refractivity contribution in [1.82, 2.24) is 10.2 Å². The molecular formula is C27H35ClN2O2. The zero-order valence-corrected chi connectivity index (χ0v) is 20.3. The third kappa shape index (κ3) is 6.59. The topological polar surface area (TPSA) is 49.4 Å². The van der Waals surface area contributed by atoms with Gasteiger partial charge >= 0.3 is 0 Å². The zero-order chi connectivity index (χ0) is 23.1. The van der Waals surface area contributed by atoms with Crippen molar-refractivity contribution in [2.75, 3.05) is 0 Å².